The van der Waals surface area contributed by atoms with Crippen molar-refractivity contribution in [3.8, 4) is 0 Å². The Morgan fingerprint density at radius 2 is 1.75 bits per heavy atom. The molecule has 0 aromatic heterocycles. The van der Waals surface area contributed by atoms with E-state index in [0.29, 0.717) is 15.7 Å². The first-order valence-corrected chi connectivity index (χ1v) is 7.83. The molecular weight excluding hydrogens is 380 g/mol. The van der Waals surface area contributed by atoms with E-state index >= 15 is 0 Å². The highest BCUT2D eigenvalue weighted by Crippen LogP contribution is 2.23. The van der Waals surface area contributed by atoms with Gasteiger partial charge in [0.2, 0.25) is 0 Å². The van der Waals surface area contributed by atoms with Crippen molar-refractivity contribution in [3.63, 3.8) is 0 Å². The predicted octanol–water partition coefficient (Wildman–Crippen LogP) is 4.97. The van der Waals surface area contributed by atoms with Gasteiger partial charge >= 0.3 is 5.97 Å². The van der Waals surface area contributed by atoms with E-state index < -0.39 is 29.4 Å². The number of hydrogen-bond acceptors (Lipinski definition) is 3. The first-order chi connectivity index (χ1) is 11.3. The highest BCUT2D eigenvalue weighted by atomic mass is 35.5. The zero-order chi connectivity index (χ0) is 17.9. The fraction of sp³-hybridized carbons (Fsp3) is 0.125. The summed E-state index contributed by atoms with van der Waals surface area (Å²) >= 11 is 17.5. The Morgan fingerprint density at radius 1 is 1.12 bits per heavy atom. The van der Waals surface area contributed by atoms with Crippen LogP contribution in [0.4, 0.5) is 10.1 Å². The van der Waals surface area contributed by atoms with E-state index in [1.165, 1.54) is 37.3 Å². The number of carbonyl (C=O) groups is 2. The topological polar surface area (TPSA) is 55.4 Å². The van der Waals surface area contributed by atoms with Gasteiger partial charge in [-0.25, -0.2) is 9.18 Å². The highest BCUT2D eigenvalue weighted by molar-refractivity contribution is 6.35. The summed E-state index contributed by atoms with van der Waals surface area (Å²) in [5.74, 6) is -2.50. The van der Waals surface area contributed by atoms with Crippen molar-refractivity contribution in [1.29, 1.82) is 0 Å². The number of amides is 1. The predicted molar refractivity (Wildman–Crippen MR) is 91.4 cm³/mol. The molecule has 1 atom stereocenters. The third-order valence-corrected chi connectivity index (χ3v) is 3.70. The molecule has 0 radical (unpaired) electrons. The summed E-state index contributed by atoms with van der Waals surface area (Å²) in [6.07, 6.45) is -1.19. The number of ether oxygens (including phenoxy) is 1. The van der Waals surface area contributed by atoms with E-state index in [1.54, 1.807) is 0 Å². The van der Waals surface area contributed by atoms with Gasteiger partial charge in [0, 0.05) is 15.7 Å². The molecule has 0 saturated carbocycles. The molecule has 0 spiro atoms. The number of rotatable bonds is 4. The van der Waals surface area contributed by atoms with Crippen molar-refractivity contribution in [2.45, 2.75) is 13.0 Å². The Balaban J connectivity index is 2.07. The number of nitrogens with one attached hydrogen (secondary N) is 1. The van der Waals surface area contributed by atoms with E-state index in [9.17, 15) is 14.0 Å². The van der Waals surface area contributed by atoms with Gasteiger partial charge in [-0.15, -0.1) is 0 Å². The third-order valence-electron chi connectivity index (χ3n) is 2.95. The van der Waals surface area contributed by atoms with Crippen LogP contribution >= 0.6 is 34.8 Å². The molecule has 2 aromatic rings. The molecule has 0 unspecified atom stereocenters. The van der Waals surface area contributed by atoms with Crippen molar-refractivity contribution in [1.82, 2.24) is 0 Å². The summed E-state index contributed by atoms with van der Waals surface area (Å²) in [7, 11) is 0. The fourth-order valence-corrected chi connectivity index (χ4v) is 2.60. The van der Waals surface area contributed by atoms with Crippen LogP contribution in [0.25, 0.3) is 0 Å². The van der Waals surface area contributed by atoms with Crippen LogP contribution in [0, 0.1) is 5.82 Å². The SMILES string of the molecule is C[C@@H](OC(=O)c1c(F)cccc1Cl)C(=O)Nc1cc(Cl)cc(Cl)c1. The molecule has 0 aliphatic carbocycles. The van der Waals surface area contributed by atoms with Gasteiger partial charge < -0.3 is 10.1 Å². The molecule has 24 heavy (non-hydrogen) atoms. The van der Waals surface area contributed by atoms with Crippen molar-refractivity contribution >= 4 is 52.4 Å². The van der Waals surface area contributed by atoms with E-state index in [-0.39, 0.29) is 5.02 Å². The molecule has 1 N–H and O–H groups in total. The van der Waals surface area contributed by atoms with Crippen LogP contribution in [0.2, 0.25) is 15.1 Å². The normalized spacial score (nSPS) is 11.7. The molecule has 2 rings (SSSR count). The van der Waals surface area contributed by atoms with Crippen LogP contribution < -0.4 is 5.32 Å². The summed E-state index contributed by atoms with van der Waals surface area (Å²) in [4.78, 5) is 24.1. The highest BCUT2D eigenvalue weighted by Gasteiger charge is 2.23. The van der Waals surface area contributed by atoms with Gasteiger partial charge in [-0.2, -0.15) is 0 Å². The minimum atomic E-state index is -1.19. The Hall–Kier alpha value is -1.82. The second-order valence-corrected chi connectivity index (χ2v) is 6.07. The van der Waals surface area contributed by atoms with E-state index in [2.05, 4.69) is 5.32 Å². The van der Waals surface area contributed by atoms with E-state index in [0.717, 1.165) is 6.07 Å². The summed E-state index contributed by atoms with van der Waals surface area (Å²) in [6, 6.07) is 8.23. The molecule has 0 aliphatic rings. The third kappa shape index (κ3) is 4.60. The lowest BCUT2D eigenvalue weighted by molar-refractivity contribution is -0.123. The lowest BCUT2D eigenvalue weighted by Gasteiger charge is -2.14. The number of hydrogen-bond donors (Lipinski definition) is 1. The van der Waals surface area contributed by atoms with Crippen LogP contribution in [0.1, 0.15) is 17.3 Å². The van der Waals surface area contributed by atoms with Gasteiger partial charge in [0.1, 0.15) is 11.4 Å². The molecule has 2 aromatic carbocycles. The van der Waals surface area contributed by atoms with E-state index in [1.807, 2.05) is 0 Å². The number of benzene rings is 2. The lowest BCUT2D eigenvalue weighted by Crippen LogP contribution is -2.30. The zero-order valence-electron chi connectivity index (χ0n) is 12.3. The summed E-state index contributed by atoms with van der Waals surface area (Å²) in [6.45, 7) is 1.34. The molecular formula is C16H11Cl3FNO3. The molecule has 1 amide bonds. The lowest BCUT2D eigenvalue weighted by atomic mass is 10.2. The van der Waals surface area contributed by atoms with Gasteiger partial charge in [0.15, 0.2) is 6.10 Å². The largest absolute Gasteiger partial charge is 0.449 e. The Kier molecular flexibility index (Phi) is 6.04. The molecule has 0 saturated heterocycles. The number of halogens is 4. The van der Waals surface area contributed by atoms with Crippen molar-refractivity contribution < 1.29 is 18.7 Å². The quantitative estimate of drug-likeness (QED) is 0.750. The van der Waals surface area contributed by atoms with Gasteiger partial charge in [-0.3, -0.25) is 4.79 Å². The molecule has 0 aliphatic heterocycles. The van der Waals surface area contributed by atoms with Crippen molar-refractivity contribution in [3.05, 3.63) is 62.8 Å². The Morgan fingerprint density at radius 3 is 2.33 bits per heavy atom. The average Bonchev–Trinajstić information content (AvgIpc) is 2.45. The van der Waals surface area contributed by atoms with E-state index in [4.69, 9.17) is 39.5 Å². The Bertz CT molecular complexity index is 758. The summed E-state index contributed by atoms with van der Waals surface area (Å²) in [5.41, 5.74) is -0.0889. The monoisotopic (exact) mass is 389 g/mol. The summed E-state index contributed by atoms with van der Waals surface area (Å²) < 4.78 is 18.6. The maximum atomic E-state index is 13.7. The van der Waals surface area contributed by atoms with Gasteiger partial charge in [-0.05, 0) is 37.3 Å². The number of anilines is 1. The number of esters is 1. The van der Waals surface area contributed by atoms with Crippen LogP contribution in [0.15, 0.2) is 36.4 Å². The minimum absolute atomic E-state index is 0.103. The zero-order valence-corrected chi connectivity index (χ0v) is 14.5. The van der Waals surface area contributed by atoms with Crippen molar-refractivity contribution in [2.24, 2.45) is 0 Å². The molecule has 0 fully saturated rings. The molecule has 0 bridgehead atoms. The van der Waals surface area contributed by atoms with Gasteiger partial charge in [0.25, 0.3) is 5.91 Å². The maximum absolute atomic E-state index is 13.7. The van der Waals surface area contributed by atoms with Gasteiger partial charge in [-0.1, -0.05) is 40.9 Å². The first kappa shape index (κ1) is 18.5. The molecule has 8 heteroatoms. The standard InChI is InChI=1S/C16H11Cl3FNO3/c1-8(15(22)21-11-6-9(17)5-10(18)7-11)24-16(23)14-12(19)3-2-4-13(14)20/h2-8H,1H3,(H,21,22)/t8-/m1/s1. The van der Waals surface area contributed by atoms with Crippen LogP contribution in [-0.2, 0) is 9.53 Å². The molecule has 4 nitrogen and oxygen atoms in total. The molecule has 126 valence electrons. The smallest absolute Gasteiger partial charge is 0.343 e. The fourth-order valence-electron chi connectivity index (χ4n) is 1.84. The van der Waals surface area contributed by atoms with Crippen LogP contribution in [0.5, 0.6) is 0 Å². The van der Waals surface area contributed by atoms with Gasteiger partial charge in [0.05, 0.1) is 5.02 Å². The van der Waals surface area contributed by atoms with Crippen LogP contribution in [0.3, 0.4) is 0 Å². The number of carbonyl (C=O) groups excluding carboxylic acids is 2. The molecule has 0 heterocycles. The second-order valence-electron chi connectivity index (χ2n) is 4.79. The average molecular weight is 391 g/mol. The first-order valence-electron chi connectivity index (χ1n) is 6.70. The Labute approximate surface area is 152 Å². The minimum Gasteiger partial charge on any atom is -0.449 e. The van der Waals surface area contributed by atoms with Crippen molar-refractivity contribution in [2.75, 3.05) is 5.32 Å². The summed E-state index contributed by atoms with van der Waals surface area (Å²) in [5, 5.41) is 3.06. The van der Waals surface area contributed by atoms with Crippen LogP contribution in [-0.4, -0.2) is 18.0 Å². The maximum Gasteiger partial charge on any atom is 0.343 e. The second kappa shape index (κ2) is 7.83.